The van der Waals surface area contributed by atoms with Gasteiger partial charge in [-0.3, -0.25) is 4.79 Å². The molecule has 3 nitrogen and oxygen atoms in total. The molecule has 0 saturated carbocycles. The summed E-state index contributed by atoms with van der Waals surface area (Å²) in [5, 5.41) is 2.98. The molecule has 0 aliphatic heterocycles. The van der Waals surface area contributed by atoms with Gasteiger partial charge in [0.05, 0.1) is 0 Å². The zero-order chi connectivity index (χ0) is 13.6. The predicted molar refractivity (Wildman–Crippen MR) is 78.5 cm³/mol. The van der Waals surface area contributed by atoms with Crippen LogP contribution in [-0.2, 0) is 4.79 Å². The van der Waals surface area contributed by atoms with Crippen molar-refractivity contribution in [2.75, 3.05) is 13.1 Å². The number of unbranched alkanes of at least 4 members (excludes halogenated alkanes) is 6. The molecule has 0 aromatic rings. The van der Waals surface area contributed by atoms with Crippen molar-refractivity contribution in [2.45, 2.75) is 71.6 Å². The Kier molecular flexibility index (Phi) is 12.5. The predicted octanol–water partition coefficient (Wildman–Crippen LogP) is 3.23. The standard InChI is InChI=1S/C15H32N2O/c1-3-4-5-6-7-8-9-10-15(18)17-13-14(2)11-12-16/h14H,3-13,16H2,1-2H3,(H,17,18). The molecule has 0 spiro atoms. The SMILES string of the molecule is CCCCCCCCCC(=O)NCC(C)CCN. The fraction of sp³-hybridized carbons (Fsp3) is 0.933. The highest BCUT2D eigenvalue weighted by molar-refractivity contribution is 5.75. The molecule has 0 aliphatic rings. The lowest BCUT2D eigenvalue weighted by atomic mass is 10.1. The van der Waals surface area contributed by atoms with Crippen molar-refractivity contribution in [3.8, 4) is 0 Å². The first kappa shape index (κ1) is 17.4. The molecule has 0 bridgehead atoms. The van der Waals surface area contributed by atoms with E-state index in [4.69, 9.17) is 5.73 Å². The van der Waals surface area contributed by atoms with Gasteiger partial charge in [-0.05, 0) is 25.3 Å². The summed E-state index contributed by atoms with van der Waals surface area (Å²) in [6.45, 7) is 5.83. The Bertz CT molecular complexity index is 195. The van der Waals surface area contributed by atoms with Crippen LogP contribution in [0.2, 0.25) is 0 Å². The molecule has 0 aliphatic carbocycles. The highest BCUT2D eigenvalue weighted by Gasteiger charge is 2.04. The number of nitrogens with two attached hydrogens (primary N) is 1. The molecule has 0 fully saturated rings. The van der Waals surface area contributed by atoms with E-state index in [1.807, 2.05) is 0 Å². The van der Waals surface area contributed by atoms with Crippen molar-refractivity contribution >= 4 is 5.91 Å². The van der Waals surface area contributed by atoms with Crippen LogP contribution in [0, 0.1) is 5.92 Å². The van der Waals surface area contributed by atoms with Crippen LogP contribution < -0.4 is 11.1 Å². The Balaban J connectivity index is 3.26. The van der Waals surface area contributed by atoms with Crippen molar-refractivity contribution in [1.29, 1.82) is 0 Å². The number of hydrogen-bond donors (Lipinski definition) is 2. The molecular weight excluding hydrogens is 224 g/mol. The number of rotatable bonds is 12. The molecule has 0 aromatic heterocycles. The van der Waals surface area contributed by atoms with Crippen LogP contribution in [0.3, 0.4) is 0 Å². The van der Waals surface area contributed by atoms with E-state index in [1.165, 1.54) is 38.5 Å². The second-order valence-electron chi connectivity index (χ2n) is 5.36. The van der Waals surface area contributed by atoms with Gasteiger partial charge in [-0.1, -0.05) is 52.4 Å². The summed E-state index contributed by atoms with van der Waals surface area (Å²) in [4.78, 5) is 11.5. The lowest BCUT2D eigenvalue weighted by Gasteiger charge is -2.11. The quantitative estimate of drug-likeness (QED) is 0.527. The van der Waals surface area contributed by atoms with E-state index in [9.17, 15) is 4.79 Å². The van der Waals surface area contributed by atoms with Crippen LogP contribution in [0.25, 0.3) is 0 Å². The van der Waals surface area contributed by atoms with E-state index >= 15 is 0 Å². The average molecular weight is 256 g/mol. The summed E-state index contributed by atoms with van der Waals surface area (Å²) >= 11 is 0. The van der Waals surface area contributed by atoms with Gasteiger partial charge in [0.25, 0.3) is 0 Å². The summed E-state index contributed by atoms with van der Waals surface area (Å²) in [5.74, 6) is 0.695. The number of nitrogens with one attached hydrogen (secondary N) is 1. The Morgan fingerprint density at radius 1 is 1.11 bits per heavy atom. The smallest absolute Gasteiger partial charge is 0.220 e. The molecular formula is C15H32N2O. The highest BCUT2D eigenvalue weighted by atomic mass is 16.1. The van der Waals surface area contributed by atoms with E-state index in [0.717, 1.165) is 19.4 Å². The van der Waals surface area contributed by atoms with Gasteiger partial charge in [0.2, 0.25) is 5.91 Å². The van der Waals surface area contributed by atoms with Crippen LogP contribution >= 0.6 is 0 Å². The fourth-order valence-electron chi connectivity index (χ4n) is 2.01. The van der Waals surface area contributed by atoms with Crippen LogP contribution in [0.1, 0.15) is 71.6 Å². The van der Waals surface area contributed by atoms with Crippen LogP contribution in [0.15, 0.2) is 0 Å². The van der Waals surface area contributed by atoms with E-state index in [0.29, 0.717) is 18.9 Å². The molecule has 108 valence electrons. The molecule has 3 heteroatoms. The van der Waals surface area contributed by atoms with Crippen LogP contribution in [0.4, 0.5) is 0 Å². The Labute approximate surface area is 113 Å². The summed E-state index contributed by atoms with van der Waals surface area (Å²) < 4.78 is 0. The maximum atomic E-state index is 11.5. The molecule has 0 saturated heterocycles. The zero-order valence-corrected chi connectivity index (χ0v) is 12.3. The molecule has 0 radical (unpaired) electrons. The van der Waals surface area contributed by atoms with E-state index in [-0.39, 0.29) is 5.91 Å². The van der Waals surface area contributed by atoms with Crippen LogP contribution in [0.5, 0.6) is 0 Å². The highest BCUT2D eigenvalue weighted by Crippen LogP contribution is 2.08. The fourth-order valence-corrected chi connectivity index (χ4v) is 2.01. The minimum Gasteiger partial charge on any atom is -0.356 e. The van der Waals surface area contributed by atoms with Gasteiger partial charge >= 0.3 is 0 Å². The Hall–Kier alpha value is -0.570. The summed E-state index contributed by atoms with van der Waals surface area (Å²) in [6.07, 6.45) is 10.5. The Morgan fingerprint density at radius 2 is 1.72 bits per heavy atom. The number of amides is 1. The van der Waals surface area contributed by atoms with Crippen molar-refractivity contribution in [3.63, 3.8) is 0 Å². The monoisotopic (exact) mass is 256 g/mol. The third-order valence-corrected chi connectivity index (χ3v) is 3.31. The third kappa shape index (κ3) is 11.9. The Morgan fingerprint density at radius 3 is 2.33 bits per heavy atom. The van der Waals surface area contributed by atoms with Crippen molar-refractivity contribution in [1.82, 2.24) is 5.32 Å². The van der Waals surface area contributed by atoms with E-state index < -0.39 is 0 Å². The van der Waals surface area contributed by atoms with Gasteiger partial charge < -0.3 is 11.1 Å². The van der Waals surface area contributed by atoms with Gasteiger partial charge in [0.1, 0.15) is 0 Å². The largest absolute Gasteiger partial charge is 0.356 e. The number of carbonyl (C=O) groups excluding carboxylic acids is 1. The zero-order valence-electron chi connectivity index (χ0n) is 12.3. The average Bonchev–Trinajstić information content (AvgIpc) is 2.35. The maximum Gasteiger partial charge on any atom is 0.220 e. The van der Waals surface area contributed by atoms with Gasteiger partial charge in [-0.15, -0.1) is 0 Å². The van der Waals surface area contributed by atoms with Gasteiger partial charge in [0.15, 0.2) is 0 Å². The van der Waals surface area contributed by atoms with Gasteiger partial charge in [-0.2, -0.15) is 0 Å². The lowest BCUT2D eigenvalue weighted by Crippen LogP contribution is -2.28. The first-order valence-corrected chi connectivity index (χ1v) is 7.67. The van der Waals surface area contributed by atoms with Crippen molar-refractivity contribution in [3.05, 3.63) is 0 Å². The number of hydrogen-bond acceptors (Lipinski definition) is 2. The lowest BCUT2D eigenvalue weighted by molar-refractivity contribution is -0.121. The summed E-state index contributed by atoms with van der Waals surface area (Å²) in [6, 6.07) is 0. The molecule has 0 rings (SSSR count). The first-order chi connectivity index (χ1) is 8.70. The second kappa shape index (κ2) is 12.9. The molecule has 1 atom stereocenters. The third-order valence-electron chi connectivity index (χ3n) is 3.31. The van der Waals surface area contributed by atoms with E-state index in [2.05, 4.69) is 19.2 Å². The summed E-state index contributed by atoms with van der Waals surface area (Å²) in [5.41, 5.74) is 5.47. The molecule has 0 aromatic carbocycles. The van der Waals surface area contributed by atoms with Crippen molar-refractivity contribution < 1.29 is 4.79 Å². The topological polar surface area (TPSA) is 55.1 Å². The maximum absolute atomic E-state index is 11.5. The van der Waals surface area contributed by atoms with Gasteiger partial charge in [0, 0.05) is 13.0 Å². The summed E-state index contributed by atoms with van der Waals surface area (Å²) in [7, 11) is 0. The minimum absolute atomic E-state index is 0.201. The normalized spacial score (nSPS) is 12.4. The molecule has 3 N–H and O–H groups in total. The minimum atomic E-state index is 0.201. The van der Waals surface area contributed by atoms with Gasteiger partial charge in [-0.25, -0.2) is 0 Å². The molecule has 1 amide bonds. The molecule has 0 heterocycles. The van der Waals surface area contributed by atoms with Crippen LogP contribution in [-0.4, -0.2) is 19.0 Å². The second-order valence-corrected chi connectivity index (χ2v) is 5.36. The molecule has 18 heavy (non-hydrogen) atoms. The van der Waals surface area contributed by atoms with Crippen molar-refractivity contribution in [2.24, 2.45) is 11.7 Å². The molecule has 1 unspecified atom stereocenters. The number of carbonyl (C=O) groups is 1. The van der Waals surface area contributed by atoms with E-state index in [1.54, 1.807) is 0 Å². The first-order valence-electron chi connectivity index (χ1n) is 7.67.